The summed E-state index contributed by atoms with van der Waals surface area (Å²) in [4.78, 5) is 0. The Hall–Kier alpha value is -1.30. The molecule has 0 aromatic heterocycles. The molecule has 0 radical (unpaired) electrons. The number of rotatable bonds is 11. The molecule has 0 aliphatic heterocycles. The Morgan fingerprint density at radius 3 is 1.95 bits per heavy atom. The fraction of sp³-hybridized carbons (Fsp3) is 0.500. The normalized spacial score (nSPS) is 11.2. The minimum atomic E-state index is -0.0509. The first-order valence-corrected chi connectivity index (χ1v) is 8.12. The third-order valence-electron chi connectivity index (χ3n) is 4.23. The van der Waals surface area contributed by atoms with E-state index in [0.29, 0.717) is 0 Å². The van der Waals surface area contributed by atoms with Gasteiger partial charge in [0.15, 0.2) is 0 Å². The lowest BCUT2D eigenvalue weighted by Crippen LogP contribution is -2.20. The molecular formula is C20H30. The minimum Gasteiger partial charge on any atom is -0.102 e. The van der Waals surface area contributed by atoms with Crippen molar-refractivity contribution in [3.63, 3.8) is 0 Å². The molecule has 1 aromatic rings. The Bertz CT molecular complexity index is 366. The van der Waals surface area contributed by atoms with Gasteiger partial charge in [0, 0.05) is 5.41 Å². The van der Waals surface area contributed by atoms with E-state index >= 15 is 0 Å². The van der Waals surface area contributed by atoms with Crippen molar-refractivity contribution in [1.29, 1.82) is 0 Å². The first-order valence-electron chi connectivity index (χ1n) is 8.12. The molecule has 20 heavy (non-hydrogen) atoms. The molecule has 0 atom stereocenters. The summed E-state index contributed by atoms with van der Waals surface area (Å²) < 4.78 is 0. The van der Waals surface area contributed by atoms with E-state index in [1.165, 1.54) is 50.5 Å². The highest BCUT2D eigenvalue weighted by Crippen LogP contribution is 2.32. The highest BCUT2D eigenvalue weighted by atomic mass is 14.3. The Kier molecular flexibility index (Phi) is 8.02. The van der Waals surface area contributed by atoms with Gasteiger partial charge in [-0.2, -0.15) is 0 Å². The van der Waals surface area contributed by atoms with Gasteiger partial charge < -0.3 is 0 Å². The molecule has 0 amide bonds. The largest absolute Gasteiger partial charge is 0.102 e. The summed E-state index contributed by atoms with van der Waals surface area (Å²) in [6.45, 7) is 10.4. The number of allylic oxidation sites excluding steroid dienone is 2. The van der Waals surface area contributed by atoms with Crippen LogP contribution in [0.15, 0.2) is 55.6 Å². The predicted molar refractivity (Wildman–Crippen MR) is 91.1 cm³/mol. The molecule has 0 heterocycles. The topological polar surface area (TPSA) is 0 Å². The fourth-order valence-corrected chi connectivity index (χ4v) is 2.79. The SMILES string of the molecule is C=CC(C=C)(CCCCCCCCC)c1ccccc1. The molecule has 0 saturated heterocycles. The molecule has 0 fully saturated rings. The highest BCUT2D eigenvalue weighted by Gasteiger charge is 2.23. The maximum Gasteiger partial charge on any atom is 0.0306 e. The van der Waals surface area contributed by atoms with Crippen molar-refractivity contribution in [2.75, 3.05) is 0 Å². The molecule has 0 nitrogen and oxygen atoms in total. The lowest BCUT2D eigenvalue weighted by atomic mass is 9.76. The van der Waals surface area contributed by atoms with Gasteiger partial charge in [-0.1, -0.05) is 94.4 Å². The first-order chi connectivity index (χ1) is 9.79. The van der Waals surface area contributed by atoms with Gasteiger partial charge in [0.25, 0.3) is 0 Å². The third kappa shape index (κ3) is 5.00. The average molecular weight is 270 g/mol. The van der Waals surface area contributed by atoms with E-state index < -0.39 is 0 Å². The van der Waals surface area contributed by atoms with Gasteiger partial charge in [-0.05, 0) is 12.0 Å². The maximum absolute atomic E-state index is 4.05. The van der Waals surface area contributed by atoms with Crippen LogP contribution in [-0.2, 0) is 5.41 Å². The van der Waals surface area contributed by atoms with E-state index in [2.05, 4.69) is 62.6 Å². The first kappa shape index (κ1) is 16.8. The maximum atomic E-state index is 4.05. The van der Waals surface area contributed by atoms with Crippen molar-refractivity contribution in [3.05, 3.63) is 61.2 Å². The Morgan fingerprint density at radius 1 is 0.850 bits per heavy atom. The van der Waals surface area contributed by atoms with Crippen LogP contribution in [0, 0.1) is 0 Å². The zero-order valence-electron chi connectivity index (χ0n) is 13.1. The van der Waals surface area contributed by atoms with Crippen LogP contribution in [0.3, 0.4) is 0 Å². The molecule has 0 bridgehead atoms. The molecule has 0 aliphatic rings. The Morgan fingerprint density at radius 2 is 1.40 bits per heavy atom. The zero-order valence-corrected chi connectivity index (χ0v) is 13.1. The van der Waals surface area contributed by atoms with E-state index in [1.807, 2.05) is 0 Å². The van der Waals surface area contributed by atoms with Gasteiger partial charge in [0.1, 0.15) is 0 Å². The fourth-order valence-electron chi connectivity index (χ4n) is 2.79. The molecule has 0 heteroatoms. The summed E-state index contributed by atoms with van der Waals surface area (Å²) in [7, 11) is 0. The van der Waals surface area contributed by atoms with Gasteiger partial charge in [-0.25, -0.2) is 0 Å². The van der Waals surface area contributed by atoms with Crippen LogP contribution in [0.4, 0.5) is 0 Å². The van der Waals surface area contributed by atoms with Gasteiger partial charge >= 0.3 is 0 Å². The molecule has 0 saturated carbocycles. The van der Waals surface area contributed by atoms with E-state index in [0.717, 1.165) is 6.42 Å². The lowest BCUT2D eigenvalue weighted by molar-refractivity contribution is 0.519. The van der Waals surface area contributed by atoms with Crippen LogP contribution in [0.25, 0.3) is 0 Å². The van der Waals surface area contributed by atoms with Crippen molar-refractivity contribution in [1.82, 2.24) is 0 Å². The molecule has 1 rings (SSSR count). The third-order valence-corrected chi connectivity index (χ3v) is 4.23. The van der Waals surface area contributed by atoms with Crippen LogP contribution < -0.4 is 0 Å². The molecular weight excluding hydrogens is 240 g/mol. The minimum absolute atomic E-state index is 0.0509. The van der Waals surface area contributed by atoms with Crippen molar-refractivity contribution in [3.8, 4) is 0 Å². The summed E-state index contributed by atoms with van der Waals surface area (Å²) in [5.41, 5.74) is 1.26. The second-order valence-corrected chi connectivity index (χ2v) is 5.69. The highest BCUT2D eigenvalue weighted by molar-refractivity contribution is 5.35. The zero-order chi connectivity index (χ0) is 14.7. The van der Waals surface area contributed by atoms with E-state index in [4.69, 9.17) is 0 Å². The number of unbranched alkanes of at least 4 members (excludes halogenated alkanes) is 6. The van der Waals surface area contributed by atoms with Crippen molar-refractivity contribution in [2.24, 2.45) is 0 Å². The molecule has 0 N–H and O–H groups in total. The summed E-state index contributed by atoms with van der Waals surface area (Å²) in [5, 5.41) is 0. The van der Waals surface area contributed by atoms with Crippen molar-refractivity contribution < 1.29 is 0 Å². The summed E-state index contributed by atoms with van der Waals surface area (Å²) in [5.74, 6) is 0. The van der Waals surface area contributed by atoms with Crippen molar-refractivity contribution >= 4 is 0 Å². The molecule has 0 aliphatic carbocycles. The summed E-state index contributed by atoms with van der Waals surface area (Å²) >= 11 is 0. The average Bonchev–Trinajstić information content (AvgIpc) is 2.52. The quantitative estimate of drug-likeness (QED) is 0.321. The second kappa shape index (κ2) is 9.58. The number of benzene rings is 1. The number of hydrogen-bond acceptors (Lipinski definition) is 0. The molecule has 0 unspecified atom stereocenters. The van der Waals surface area contributed by atoms with E-state index in [9.17, 15) is 0 Å². The van der Waals surface area contributed by atoms with Gasteiger partial charge in [-0.15, -0.1) is 13.2 Å². The van der Waals surface area contributed by atoms with Gasteiger partial charge in [-0.3, -0.25) is 0 Å². The van der Waals surface area contributed by atoms with Gasteiger partial charge in [0.05, 0.1) is 0 Å². The molecule has 0 spiro atoms. The monoisotopic (exact) mass is 270 g/mol. The van der Waals surface area contributed by atoms with Crippen LogP contribution >= 0.6 is 0 Å². The summed E-state index contributed by atoms with van der Waals surface area (Å²) in [6.07, 6.45) is 14.7. The number of hydrogen-bond donors (Lipinski definition) is 0. The van der Waals surface area contributed by atoms with Crippen LogP contribution in [0.1, 0.15) is 63.9 Å². The predicted octanol–water partition coefficient (Wildman–Crippen LogP) is 6.44. The van der Waals surface area contributed by atoms with Crippen molar-refractivity contribution in [2.45, 2.75) is 63.7 Å². The Labute approximate surface area is 125 Å². The molecule has 1 aromatic carbocycles. The standard InChI is InChI=1S/C20H30/c1-4-7-8-9-10-11-15-18-20(5-2,6-3)19-16-13-12-14-17-19/h5-6,12-14,16-17H,2-4,7-11,15,18H2,1H3. The van der Waals surface area contributed by atoms with Crippen LogP contribution in [0.2, 0.25) is 0 Å². The van der Waals surface area contributed by atoms with Crippen LogP contribution in [0.5, 0.6) is 0 Å². The smallest absolute Gasteiger partial charge is 0.0306 e. The second-order valence-electron chi connectivity index (χ2n) is 5.69. The molecule has 110 valence electrons. The lowest BCUT2D eigenvalue weighted by Gasteiger charge is -2.27. The van der Waals surface area contributed by atoms with E-state index in [1.54, 1.807) is 0 Å². The Balaban J connectivity index is 2.44. The van der Waals surface area contributed by atoms with Crippen LogP contribution in [-0.4, -0.2) is 0 Å². The van der Waals surface area contributed by atoms with Gasteiger partial charge in [0.2, 0.25) is 0 Å². The summed E-state index contributed by atoms with van der Waals surface area (Å²) in [6, 6.07) is 10.6. The van der Waals surface area contributed by atoms with E-state index in [-0.39, 0.29) is 5.41 Å².